The molecule has 0 aliphatic heterocycles. The topological polar surface area (TPSA) is 61.1 Å². The summed E-state index contributed by atoms with van der Waals surface area (Å²) in [5.74, 6) is 1.17. The second-order valence-corrected chi connectivity index (χ2v) is 6.46. The molecule has 0 atom stereocenters. The maximum Gasteiger partial charge on any atom is 0.258 e. The summed E-state index contributed by atoms with van der Waals surface area (Å²) in [5.41, 5.74) is 1.13. The molecular weight excluding hydrogens is 316 g/mol. The Bertz CT molecular complexity index is 821. The molecular formula is C19H24N4O2. The van der Waals surface area contributed by atoms with Crippen molar-refractivity contribution in [1.29, 1.82) is 0 Å². The summed E-state index contributed by atoms with van der Waals surface area (Å²) in [4.78, 5) is 12.0. The number of hydrogen-bond donors (Lipinski definition) is 1. The monoisotopic (exact) mass is 340 g/mol. The summed E-state index contributed by atoms with van der Waals surface area (Å²) in [7, 11) is 0. The molecule has 6 nitrogen and oxygen atoms in total. The number of rotatable bonds is 8. The van der Waals surface area contributed by atoms with E-state index in [2.05, 4.69) is 41.1 Å². The predicted octanol–water partition coefficient (Wildman–Crippen LogP) is 2.69. The zero-order valence-corrected chi connectivity index (χ0v) is 14.7. The first-order chi connectivity index (χ1) is 12.1. The molecule has 0 unspecified atom stereocenters. The van der Waals surface area contributed by atoms with Gasteiger partial charge >= 0.3 is 0 Å². The van der Waals surface area contributed by atoms with Gasteiger partial charge in [0.1, 0.15) is 5.75 Å². The third kappa shape index (κ3) is 4.41. The first kappa shape index (κ1) is 17.1. The van der Waals surface area contributed by atoms with Crippen LogP contribution < -0.4 is 10.1 Å². The average molecular weight is 340 g/mol. The van der Waals surface area contributed by atoms with Crippen LogP contribution in [0.3, 0.4) is 0 Å². The average Bonchev–Trinajstić information content (AvgIpc) is 3.23. The lowest BCUT2D eigenvalue weighted by molar-refractivity contribution is -0.123. The molecule has 3 rings (SSSR count). The number of aromatic nitrogens is 3. The van der Waals surface area contributed by atoms with Crippen molar-refractivity contribution in [1.82, 2.24) is 19.7 Å². The molecule has 0 spiro atoms. The van der Waals surface area contributed by atoms with Crippen molar-refractivity contribution in [3.8, 4) is 5.75 Å². The van der Waals surface area contributed by atoms with Gasteiger partial charge < -0.3 is 14.6 Å². The van der Waals surface area contributed by atoms with Crippen molar-refractivity contribution < 1.29 is 9.53 Å². The minimum absolute atomic E-state index is 0.00752. The zero-order chi connectivity index (χ0) is 17.6. The maximum atomic E-state index is 12.0. The summed E-state index contributed by atoms with van der Waals surface area (Å²) >= 11 is 0. The Kier molecular flexibility index (Phi) is 5.38. The van der Waals surface area contributed by atoms with Gasteiger partial charge in [0.15, 0.2) is 6.61 Å². The molecule has 0 fully saturated rings. The van der Waals surface area contributed by atoms with Crippen molar-refractivity contribution in [3.63, 3.8) is 0 Å². The predicted molar refractivity (Wildman–Crippen MR) is 97.5 cm³/mol. The highest BCUT2D eigenvalue weighted by molar-refractivity contribution is 5.87. The molecule has 25 heavy (non-hydrogen) atoms. The number of ether oxygens (including phenoxy) is 1. The number of nitrogens with zero attached hydrogens (tertiary/aromatic N) is 3. The molecule has 0 aliphatic carbocycles. The second kappa shape index (κ2) is 7.88. The van der Waals surface area contributed by atoms with Gasteiger partial charge in [0.25, 0.3) is 5.91 Å². The second-order valence-electron chi connectivity index (χ2n) is 6.46. The third-order valence-electron chi connectivity index (χ3n) is 3.92. The lowest BCUT2D eigenvalue weighted by atomic mass is 10.2. The van der Waals surface area contributed by atoms with Crippen molar-refractivity contribution in [2.24, 2.45) is 5.92 Å². The van der Waals surface area contributed by atoms with Gasteiger partial charge in [-0.05, 0) is 30.2 Å². The molecule has 1 N–H and O–H groups in total. The van der Waals surface area contributed by atoms with Gasteiger partial charge in [-0.25, -0.2) is 0 Å². The quantitative estimate of drug-likeness (QED) is 0.686. The van der Waals surface area contributed by atoms with E-state index in [0.717, 1.165) is 23.2 Å². The van der Waals surface area contributed by atoms with E-state index in [1.807, 2.05) is 30.5 Å². The lowest BCUT2D eigenvalue weighted by Crippen LogP contribution is -2.31. The third-order valence-corrected chi connectivity index (χ3v) is 3.92. The molecule has 0 saturated heterocycles. The molecule has 0 bridgehead atoms. The highest BCUT2D eigenvalue weighted by atomic mass is 16.5. The van der Waals surface area contributed by atoms with Crippen LogP contribution in [0.15, 0.2) is 48.9 Å². The van der Waals surface area contributed by atoms with Gasteiger partial charge in [0.2, 0.25) is 0 Å². The number of amides is 1. The zero-order valence-electron chi connectivity index (χ0n) is 14.7. The summed E-state index contributed by atoms with van der Waals surface area (Å²) in [6.07, 6.45) is 5.66. The first-order valence-electron chi connectivity index (χ1n) is 8.58. The Morgan fingerprint density at radius 2 is 2.12 bits per heavy atom. The summed E-state index contributed by atoms with van der Waals surface area (Å²) in [6, 6.07) is 9.84. The van der Waals surface area contributed by atoms with Crippen LogP contribution in [-0.4, -0.2) is 33.4 Å². The van der Waals surface area contributed by atoms with E-state index < -0.39 is 0 Å². The van der Waals surface area contributed by atoms with Gasteiger partial charge in [-0.3, -0.25) is 9.48 Å². The highest BCUT2D eigenvalue weighted by Gasteiger charge is 2.09. The van der Waals surface area contributed by atoms with Crippen LogP contribution in [0.25, 0.3) is 10.9 Å². The van der Waals surface area contributed by atoms with Crippen LogP contribution in [0.5, 0.6) is 5.75 Å². The van der Waals surface area contributed by atoms with Crippen LogP contribution in [0.1, 0.15) is 13.8 Å². The van der Waals surface area contributed by atoms with E-state index in [4.69, 9.17) is 4.74 Å². The van der Waals surface area contributed by atoms with Crippen LogP contribution >= 0.6 is 0 Å². The minimum atomic E-state index is -0.134. The van der Waals surface area contributed by atoms with Crippen molar-refractivity contribution >= 4 is 16.8 Å². The van der Waals surface area contributed by atoms with Crippen molar-refractivity contribution in [3.05, 3.63) is 48.9 Å². The summed E-state index contributed by atoms with van der Waals surface area (Å²) < 4.78 is 9.74. The molecule has 0 saturated carbocycles. The number of nitrogens with one attached hydrogen (secondary N) is 1. The van der Waals surface area contributed by atoms with E-state index in [1.165, 1.54) is 0 Å². The van der Waals surface area contributed by atoms with Gasteiger partial charge in [-0.2, -0.15) is 5.10 Å². The smallest absolute Gasteiger partial charge is 0.258 e. The van der Waals surface area contributed by atoms with E-state index in [9.17, 15) is 4.79 Å². The molecule has 2 heterocycles. The van der Waals surface area contributed by atoms with Crippen LogP contribution in [0, 0.1) is 5.92 Å². The van der Waals surface area contributed by atoms with Crippen molar-refractivity contribution in [2.75, 3.05) is 13.2 Å². The molecule has 2 aromatic heterocycles. The molecule has 132 valence electrons. The lowest BCUT2D eigenvalue weighted by Gasteiger charge is -2.11. The number of fused-ring (bicyclic) bond motifs is 1. The highest BCUT2D eigenvalue weighted by Crippen LogP contribution is 2.27. The molecule has 3 aromatic rings. The fraction of sp³-hybridized carbons (Fsp3) is 0.368. The first-order valence-corrected chi connectivity index (χ1v) is 8.58. The molecule has 6 heteroatoms. The normalized spacial score (nSPS) is 11.2. The Morgan fingerprint density at radius 3 is 2.88 bits per heavy atom. The summed E-state index contributed by atoms with van der Waals surface area (Å²) in [5, 5.41) is 7.97. The van der Waals surface area contributed by atoms with E-state index in [-0.39, 0.29) is 12.5 Å². The fourth-order valence-corrected chi connectivity index (χ4v) is 2.81. The Balaban J connectivity index is 1.55. The van der Waals surface area contributed by atoms with E-state index in [1.54, 1.807) is 10.9 Å². The molecule has 1 aromatic carbocycles. The van der Waals surface area contributed by atoms with Gasteiger partial charge in [-0.1, -0.05) is 19.9 Å². The van der Waals surface area contributed by atoms with Crippen LogP contribution in [0.4, 0.5) is 0 Å². The fourth-order valence-electron chi connectivity index (χ4n) is 2.81. The number of carbonyl (C=O) groups is 1. The molecule has 0 radical (unpaired) electrons. The van der Waals surface area contributed by atoms with Crippen LogP contribution in [-0.2, 0) is 17.9 Å². The Hall–Kier alpha value is -2.76. The molecule has 1 amide bonds. The Labute approximate surface area is 147 Å². The van der Waals surface area contributed by atoms with Gasteiger partial charge in [-0.15, -0.1) is 0 Å². The van der Waals surface area contributed by atoms with Gasteiger partial charge in [0, 0.05) is 37.1 Å². The number of carbonyl (C=O) groups excluding carboxylic acids is 1. The minimum Gasteiger partial charge on any atom is -0.483 e. The van der Waals surface area contributed by atoms with E-state index in [0.29, 0.717) is 19.0 Å². The number of benzene rings is 1. The van der Waals surface area contributed by atoms with Crippen molar-refractivity contribution in [2.45, 2.75) is 26.9 Å². The summed E-state index contributed by atoms with van der Waals surface area (Å²) in [6.45, 7) is 6.53. The van der Waals surface area contributed by atoms with E-state index >= 15 is 0 Å². The largest absolute Gasteiger partial charge is 0.483 e. The van der Waals surface area contributed by atoms with Crippen LogP contribution in [0.2, 0.25) is 0 Å². The molecule has 0 aliphatic rings. The SMILES string of the molecule is CC(C)Cn1ccc2c(OCC(=O)NCCn3cccn3)cccc21. The van der Waals surface area contributed by atoms with Gasteiger partial charge in [0.05, 0.1) is 12.1 Å². The Morgan fingerprint density at radius 1 is 1.24 bits per heavy atom. The number of hydrogen-bond acceptors (Lipinski definition) is 3. The maximum absolute atomic E-state index is 12.0. The standard InChI is InChI=1S/C19H24N4O2/c1-15(2)13-22-11-7-16-17(22)5-3-6-18(16)25-14-19(24)20-9-12-23-10-4-8-21-23/h3-8,10-11,15H,9,12-14H2,1-2H3,(H,20,24).